The van der Waals surface area contributed by atoms with Crippen LogP contribution in [0.4, 0.5) is 24.7 Å². The fourth-order valence-corrected chi connectivity index (χ4v) is 4.14. The summed E-state index contributed by atoms with van der Waals surface area (Å²) >= 11 is 0. The molecule has 10 nitrogen and oxygen atoms in total. The Balaban J connectivity index is 1.54. The summed E-state index contributed by atoms with van der Waals surface area (Å²) in [4.78, 5) is 35.5. The Labute approximate surface area is 217 Å². The third-order valence-corrected chi connectivity index (χ3v) is 6.51. The second kappa shape index (κ2) is 11.3. The van der Waals surface area contributed by atoms with Gasteiger partial charge in [0.25, 0.3) is 0 Å². The van der Waals surface area contributed by atoms with E-state index in [0.717, 1.165) is 31.7 Å². The smallest absolute Gasteiger partial charge is 0.383 e. The predicted molar refractivity (Wildman–Crippen MR) is 134 cm³/mol. The van der Waals surface area contributed by atoms with E-state index in [1.807, 2.05) is 13.8 Å². The summed E-state index contributed by atoms with van der Waals surface area (Å²) in [6, 6.07) is 2.10. The number of carbonyl (C=O) groups excluding carboxylic acids is 2. The fraction of sp³-hybridized carbons (Fsp3) is 0.480. The first-order valence-corrected chi connectivity index (χ1v) is 12.4. The van der Waals surface area contributed by atoms with Crippen LogP contribution in [0.2, 0.25) is 0 Å². The lowest BCUT2D eigenvalue weighted by molar-refractivity contribution is -0.144. The van der Waals surface area contributed by atoms with Crippen molar-refractivity contribution < 1.29 is 27.5 Å². The molecule has 0 aromatic carbocycles. The van der Waals surface area contributed by atoms with E-state index in [1.165, 1.54) is 17.2 Å². The van der Waals surface area contributed by atoms with Gasteiger partial charge in [0.1, 0.15) is 17.6 Å². The van der Waals surface area contributed by atoms with Crippen LogP contribution in [0.15, 0.2) is 30.7 Å². The summed E-state index contributed by atoms with van der Waals surface area (Å²) in [5.74, 6) is -1.53. The first-order valence-electron chi connectivity index (χ1n) is 12.4. The number of alkyl halides is 3. The Morgan fingerprint density at radius 2 is 2.05 bits per heavy atom. The number of ether oxygens (including phenoxy) is 1. The van der Waals surface area contributed by atoms with Crippen molar-refractivity contribution in [2.24, 2.45) is 5.92 Å². The highest BCUT2D eigenvalue weighted by Gasteiger charge is 2.31. The van der Waals surface area contributed by atoms with Crippen LogP contribution in [0.1, 0.15) is 57.0 Å². The van der Waals surface area contributed by atoms with Crippen LogP contribution < -0.4 is 11.1 Å². The molecule has 0 saturated carbocycles. The van der Waals surface area contributed by atoms with Crippen molar-refractivity contribution in [3.8, 4) is 0 Å². The van der Waals surface area contributed by atoms with Gasteiger partial charge in [-0.15, -0.1) is 0 Å². The molecule has 0 radical (unpaired) electrons. The highest BCUT2D eigenvalue weighted by molar-refractivity contribution is 6.40. The molecule has 13 heteroatoms. The fourth-order valence-electron chi connectivity index (χ4n) is 4.14. The standard InChI is InChI=1S/C25H30F3N7O3/c1-3-15(2)12-34(13-17-8-7-16(10-30-17)25(26,27)28)24(37)23(36)32-19-11-31-22(29)18-14-35(33-21(18)19)20-6-4-5-9-38-20/h7-8,10-11,14-15,20H,3-6,9,12-13H2,1-2H3,(H2,29,31)(H,32,36)/t15-,20?/m0/s1. The number of hydrogen-bond donors (Lipinski definition) is 2. The minimum atomic E-state index is -4.52. The summed E-state index contributed by atoms with van der Waals surface area (Å²) in [5, 5.41) is 7.63. The van der Waals surface area contributed by atoms with E-state index >= 15 is 0 Å². The van der Waals surface area contributed by atoms with Crippen LogP contribution in [0.3, 0.4) is 0 Å². The van der Waals surface area contributed by atoms with Crippen LogP contribution in [0.5, 0.6) is 0 Å². The van der Waals surface area contributed by atoms with Gasteiger partial charge in [-0.1, -0.05) is 20.3 Å². The topological polar surface area (TPSA) is 128 Å². The Kier molecular flexibility index (Phi) is 8.14. The molecule has 1 fully saturated rings. The monoisotopic (exact) mass is 533 g/mol. The van der Waals surface area contributed by atoms with Crippen LogP contribution in [0, 0.1) is 5.92 Å². The number of amides is 2. The van der Waals surface area contributed by atoms with E-state index in [2.05, 4.69) is 20.4 Å². The lowest BCUT2D eigenvalue weighted by atomic mass is 10.1. The molecule has 1 saturated heterocycles. The van der Waals surface area contributed by atoms with E-state index in [-0.39, 0.29) is 42.4 Å². The highest BCUT2D eigenvalue weighted by Crippen LogP contribution is 2.30. The highest BCUT2D eigenvalue weighted by atomic mass is 19.4. The van der Waals surface area contributed by atoms with E-state index in [9.17, 15) is 22.8 Å². The van der Waals surface area contributed by atoms with E-state index in [0.29, 0.717) is 23.7 Å². The molecule has 4 rings (SSSR count). The molecule has 2 atom stereocenters. The maximum Gasteiger partial charge on any atom is 0.417 e. The zero-order chi connectivity index (χ0) is 27.4. The number of nitrogen functional groups attached to an aromatic ring is 1. The lowest BCUT2D eigenvalue weighted by Crippen LogP contribution is -2.41. The molecule has 38 heavy (non-hydrogen) atoms. The Morgan fingerprint density at radius 1 is 1.26 bits per heavy atom. The van der Waals surface area contributed by atoms with Gasteiger partial charge in [-0.25, -0.2) is 9.67 Å². The number of rotatable bonds is 7. The molecule has 0 bridgehead atoms. The minimum absolute atomic E-state index is 0.0392. The Morgan fingerprint density at radius 3 is 2.68 bits per heavy atom. The SMILES string of the molecule is CC[C@H](C)CN(Cc1ccc(C(F)(F)F)cn1)C(=O)C(=O)Nc1cnc(N)c2cn(C3CCCCO3)nc12. The van der Waals surface area contributed by atoms with Crippen molar-refractivity contribution in [2.45, 2.75) is 58.5 Å². The van der Waals surface area contributed by atoms with Crippen LogP contribution in [-0.4, -0.2) is 49.6 Å². The second-order valence-corrected chi connectivity index (χ2v) is 9.44. The van der Waals surface area contributed by atoms with Crippen LogP contribution in [0.25, 0.3) is 10.9 Å². The predicted octanol–water partition coefficient (Wildman–Crippen LogP) is 4.14. The van der Waals surface area contributed by atoms with Crippen molar-refractivity contribution in [2.75, 3.05) is 24.2 Å². The molecular weight excluding hydrogens is 503 g/mol. The molecule has 1 aliphatic rings. The van der Waals surface area contributed by atoms with Gasteiger partial charge >= 0.3 is 18.0 Å². The van der Waals surface area contributed by atoms with Crippen molar-refractivity contribution >= 4 is 34.2 Å². The average Bonchev–Trinajstić information content (AvgIpc) is 3.36. The van der Waals surface area contributed by atoms with Gasteiger partial charge in [0.2, 0.25) is 0 Å². The normalized spacial score (nSPS) is 16.8. The Hall–Kier alpha value is -3.74. The van der Waals surface area contributed by atoms with Crippen LogP contribution in [-0.2, 0) is 27.0 Å². The number of fused-ring (bicyclic) bond motifs is 1. The number of carbonyl (C=O) groups is 2. The number of halogens is 3. The van der Waals surface area contributed by atoms with Gasteiger partial charge in [0, 0.05) is 25.5 Å². The summed E-state index contributed by atoms with van der Waals surface area (Å²) in [6.45, 7) is 4.55. The van der Waals surface area contributed by atoms with Gasteiger partial charge in [0.05, 0.1) is 35.1 Å². The molecular formula is C25H30F3N7O3. The van der Waals surface area contributed by atoms with Gasteiger partial charge in [0.15, 0.2) is 0 Å². The number of pyridine rings is 2. The van der Waals surface area contributed by atoms with Crippen molar-refractivity contribution in [3.63, 3.8) is 0 Å². The molecule has 0 spiro atoms. The maximum absolute atomic E-state index is 13.2. The van der Waals surface area contributed by atoms with E-state index in [1.54, 1.807) is 10.9 Å². The average molecular weight is 534 g/mol. The Bertz CT molecular complexity index is 1290. The van der Waals surface area contributed by atoms with Gasteiger partial charge in [-0.05, 0) is 37.3 Å². The zero-order valence-corrected chi connectivity index (χ0v) is 21.2. The summed E-state index contributed by atoms with van der Waals surface area (Å²) in [5.41, 5.74) is 5.94. The van der Waals surface area contributed by atoms with Crippen molar-refractivity contribution in [1.82, 2.24) is 24.6 Å². The quantitative estimate of drug-likeness (QED) is 0.437. The third kappa shape index (κ3) is 6.21. The molecule has 3 aromatic heterocycles. The van der Waals surface area contributed by atoms with Crippen molar-refractivity contribution in [1.29, 1.82) is 0 Å². The first-order chi connectivity index (χ1) is 18.1. The van der Waals surface area contributed by atoms with E-state index in [4.69, 9.17) is 10.5 Å². The van der Waals surface area contributed by atoms with Crippen molar-refractivity contribution in [3.05, 3.63) is 42.0 Å². The molecule has 4 heterocycles. The number of anilines is 2. The summed E-state index contributed by atoms with van der Waals surface area (Å²) in [6.07, 6.45) is 2.44. The third-order valence-electron chi connectivity index (χ3n) is 6.51. The number of nitrogens with one attached hydrogen (secondary N) is 1. The van der Waals surface area contributed by atoms with Gasteiger partial charge in [-0.2, -0.15) is 18.3 Å². The van der Waals surface area contributed by atoms with E-state index < -0.39 is 23.6 Å². The maximum atomic E-state index is 13.2. The second-order valence-electron chi connectivity index (χ2n) is 9.44. The number of nitrogens with two attached hydrogens (primary N) is 1. The van der Waals surface area contributed by atoms with Gasteiger partial charge in [-0.3, -0.25) is 14.6 Å². The summed E-state index contributed by atoms with van der Waals surface area (Å²) < 4.78 is 46.1. The zero-order valence-electron chi connectivity index (χ0n) is 21.2. The molecule has 0 aliphatic carbocycles. The minimum Gasteiger partial charge on any atom is -0.383 e. The molecule has 3 N–H and O–H groups in total. The molecule has 3 aromatic rings. The summed E-state index contributed by atoms with van der Waals surface area (Å²) in [7, 11) is 0. The number of nitrogens with zero attached hydrogens (tertiary/aromatic N) is 5. The first kappa shape index (κ1) is 27.3. The number of aromatic nitrogens is 4. The van der Waals surface area contributed by atoms with Crippen LogP contribution >= 0.6 is 0 Å². The molecule has 204 valence electrons. The lowest BCUT2D eigenvalue weighted by Gasteiger charge is -2.25. The molecule has 1 unspecified atom stereocenters. The largest absolute Gasteiger partial charge is 0.417 e. The number of hydrogen-bond acceptors (Lipinski definition) is 7. The molecule has 1 aliphatic heterocycles. The molecule has 2 amide bonds. The van der Waals surface area contributed by atoms with Gasteiger partial charge < -0.3 is 20.7 Å².